The lowest BCUT2D eigenvalue weighted by atomic mass is 9.89. The van der Waals surface area contributed by atoms with Gasteiger partial charge in [0.15, 0.2) is 0 Å². The van der Waals surface area contributed by atoms with Crippen molar-refractivity contribution in [3.8, 4) is 0 Å². The predicted octanol–water partition coefficient (Wildman–Crippen LogP) is 3.86. The van der Waals surface area contributed by atoms with Gasteiger partial charge in [0.25, 0.3) is 0 Å². The summed E-state index contributed by atoms with van der Waals surface area (Å²) in [5, 5.41) is 3.76. The Morgan fingerprint density at radius 3 is 2.72 bits per heavy atom. The zero-order chi connectivity index (χ0) is 13.2. The van der Waals surface area contributed by atoms with E-state index in [9.17, 15) is 0 Å². The van der Waals surface area contributed by atoms with E-state index in [1.165, 1.54) is 21.5 Å². The zero-order valence-corrected chi connectivity index (χ0v) is 13.9. The predicted molar refractivity (Wildman–Crippen MR) is 83.2 cm³/mol. The molecule has 1 aliphatic rings. The van der Waals surface area contributed by atoms with Crippen LogP contribution in [0, 0.1) is 0 Å². The third kappa shape index (κ3) is 3.16. The largest absolute Gasteiger partial charge is 0.308 e. The molecule has 2 nitrogen and oxygen atoms in total. The van der Waals surface area contributed by atoms with Crippen molar-refractivity contribution in [1.82, 2.24) is 10.2 Å². The monoisotopic (exact) mass is 330 g/mol. The van der Waals surface area contributed by atoms with Gasteiger partial charge in [-0.2, -0.15) is 0 Å². The first kappa shape index (κ1) is 14.5. The van der Waals surface area contributed by atoms with E-state index >= 15 is 0 Å². The van der Waals surface area contributed by atoms with Gasteiger partial charge in [0.05, 0.1) is 3.79 Å². The Balaban J connectivity index is 2.05. The van der Waals surface area contributed by atoms with Crippen molar-refractivity contribution in [3.63, 3.8) is 0 Å². The molecule has 18 heavy (non-hydrogen) atoms. The van der Waals surface area contributed by atoms with Crippen LogP contribution in [0.2, 0.25) is 0 Å². The Labute approximate surface area is 123 Å². The summed E-state index contributed by atoms with van der Waals surface area (Å²) in [5.41, 5.74) is 0.320. The quantitative estimate of drug-likeness (QED) is 0.901. The number of hydrogen-bond acceptors (Lipinski definition) is 3. The van der Waals surface area contributed by atoms with Crippen molar-refractivity contribution >= 4 is 27.3 Å². The lowest BCUT2D eigenvalue weighted by molar-refractivity contribution is 0.0754. The van der Waals surface area contributed by atoms with Gasteiger partial charge in [-0.3, -0.25) is 4.90 Å². The number of halogens is 1. The molecule has 1 aliphatic heterocycles. The normalized spacial score (nSPS) is 24.3. The molecule has 0 saturated carbocycles. The number of rotatable bonds is 4. The Morgan fingerprint density at radius 2 is 2.17 bits per heavy atom. The van der Waals surface area contributed by atoms with Gasteiger partial charge < -0.3 is 5.32 Å². The Bertz CT molecular complexity index is 387. The summed E-state index contributed by atoms with van der Waals surface area (Å²) < 4.78 is 1.23. The molecule has 1 atom stereocenters. The van der Waals surface area contributed by atoms with Crippen LogP contribution in [0.5, 0.6) is 0 Å². The highest BCUT2D eigenvalue weighted by Gasteiger charge is 2.34. The maximum absolute atomic E-state index is 3.76. The molecule has 0 aromatic carbocycles. The van der Waals surface area contributed by atoms with Gasteiger partial charge >= 0.3 is 0 Å². The fraction of sp³-hybridized carbons (Fsp3) is 0.714. The molecule has 1 aromatic heterocycles. The molecule has 1 aromatic rings. The molecular weight excluding hydrogens is 308 g/mol. The Morgan fingerprint density at radius 1 is 1.44 bits per heavy atom. The highest BCUT2D eigenvalue weighted by Crippen LogP contribution is 2.27. The van der Waals surface area contributed by atoms with Crippen molar-refractivity contribution in [3.05, 3.63) is 20.8 Å². The van der Waals surface area contributed by atoms with Crippen LogP contribution in [0.1, 0.15) is 38.5 Å². The van der Waals surface area contributed by atoms with E-state index < -0.39 is 0 Å². The van der Waals surface area contributed by atoms with Crippen LogP contribution < -0.4 is 5.32 Å². The molecule has 1 N–H and O–H groups in total. The fourth-order valence-corrected chi connectivity index (χ4v) is 4.17. The molecule has 0 aliphatic carbocycles. The lowest BCUT2D eigenvalue weighted by Gasteiger charge is -2.46. The van der Waals surface area contributed by atoms with Crippen LogP contribution in [-0.2, 0) is 6.54 Å². The highest BCUT2D eigenvalue weighted by atomic mass is 79.9. The van der Waals surface area contributed by atoms with Crippen molar-refractivity contribution < 1.29 is 0 Å². The maximum Gasteiger partial charge on any atom is 0.0701 e. The Hall–Kier alpha value is 0.1000. The first-order chi connectivity index (χ1) is 8.58. The van der Waals surface area contributed by atoms with Crippen LogP contribution in [0.25, 0.3) is 0 Å². The van der Waals surface area contributed by atoms with Crippen molar-refractivity contribution in [2.24, 2.45) is 0 Å². The molecule has 102 valence electrons. The molecule has 0 bridgehead atoms. The summed E-state index contributed by atoms with van der Waals surface area (Å²) in [6.07, 6.45) is 2.42. The minimum atomic E-state index is 0.320. The second kappa shape index (κ2) is 6.04. The Kier molecular flexibility index (Phi) is 4.86. The standard InChI is InChI=1S/C14H23BrN2S/c1-4-14(5-2)10-17(11(3)8-16-14)9-12-6-7-13(15)18-12/h6-7,11,16H,4-5,8-10H2,1-3H3. The number of nitrogens with one attached hydrogen (secondary N) is 1. The minimum Gasteiger partial charge on any atom is -0.308 e. The van der Waals surface area contributed by atoms with Crippen molar-refractivity contribution in [2.75, 3.05) is 13.1 Å². The van der Waals surface area contributed by atoms with E-state index in [0.29, 0.717) is 11.6 Å². The van der Waals surface area contributed by atoms with Crippen LogP contribution >= 0.6 is 27.3 Å². The second-order valence-corrected chi connectivity index (χ2v) is 7.88. The molecule has 0 radical (unpaired) electrons. The van der Waals surface area contributed by atoms with Crippen LogP contribution in [0.3, 0.4) is 0 Å². The summed E-state index contributed by atoms with van der Waals surface area (Å²) in [4.78, 5) is 4.08. The fourth-order valence-electron chi connectivity index (χ4n) is 2.67. The maximum atomic E-state index is 3.76. The van der Waals surface area contributed by atoms with Crippen LogP contribution in [0.4, 0.5) is 0 Å². The van der Waals surface area contributed by atoms with Gasteiger partial charge in [0.1, 0.15) is 0 Å². The molecule has 2 rings (SSSR count). The summed E-state index contributed by atoms with van der Waals surface area (Å²) in [6, 6.07) is 5.01. The van der Waals surface area contributed by atoms with Crippen LogP contribution in [0.15, 0.2) is 15.9 Å². The lowest BCUT2D eigenvalue weighted by Crippen LogP contribution is -2.62. The van der Waals surface area contributed by atoms with E-state index in [4.69, 9.17) is 0 Å². The van der Waals surface area contributed by atoms with E-state index in [2.05, 4.69) is 59.1 Å². The highest BCUT2D eigenvalue weighted by molar-refractivity contribution is 9.11. The average molecular weight is 331 g/mol. The molecule has 1 unspecified atom stereocenters. The second-order valence-electron chi connectivity index (χ2n) is 5.33. The molecule has 1 saturated heterocycles. The minimum absolute atomic E-state index is 0.320. The zero-order valence-electron chi connectivity index (χ0n) is 11.5. The topological polar surface area (TPSA) is 15.3 Å². The van der Waals surface area contributed by atoms with E-state index in [1.54, 1.807) is 0 Å². The third-order valence-electron chi connectivity index (χ3n) is 4.24. The molecular formula is C14H23BrN2S. The van der Waals surface area contributed by atoms with Gasteiger partial charge in [0, 0.05) is 36.1 Å². The molecule has 2 heterocycles. The van der Waals surface area contributed by atoms with Crippen LogP contribution in [-0.4, -0.2) is 29.6 Å². The average Bonchev–Trinajstić information content (AvgIpc) is 2.78. The third-order valence-corrected chi connectivity index (χ3v) is 5.85. The first-order valence-electron chi connectivity index (χ1n) is 6.82. The molecule has 1 fully saturated rings. The van der Waals surface area contributed by atoms with Crippen molar-refractivity contribution in [2.45, 2.75) is 51.7 Å². The van der Waals surface area contributed by atoms with E-state index in [0.717, 1.165) is 19.6 Å². The summed E-state index contributed by atoms with van der Waals surface area (Å²) in [6.45, 7) is 10.3. The van der Waals surface area contributed by atoms with Crippen molar-refractivity contribution in [1.29, 1.82) is 0 Å². The molecule has 0 spiro atoms. The van der Waals surface area contributed by atoms with Gasteiger partial charge in [-0.1, -0.05) is 13.8 Å². The summed E-state index contributed by atoms with van der Waals surface area (Å²) in [5.74, 6) is 0. The summed E-state index contributed by atoms with van der Waals surface area (Å²) in [7, 11) is 0. The number of piperazine rings is 1. The number of hydrogen-bond donors (Lipinski definition) is 1. The van der Waals surface area contributed by atoms with E-state index in [1.807, 2.05) is 11.3 Å². The SMILES string of the molecule is CCC1(CC)CN(Cc2ccc(Br)s2)C(C)CN1. The number of thiophene rings is 1. The van der Waals surface area contributed by atoms with Gasteiger partial charge in [-0.15, -0.1) is 11.3 Å². The van der Waals surface area contributed by atoms with E-state index in [-0.39, 0.29) is 0 Å². The van der Waals surface area contributed by atoms with Gasteiger partial charge in [0.2, 0.25) is 0 Å². The smallest absolute Gasteiger partial charge is 0.0701 e. The van der Waals surface area contributed by atoms with Gasteiger partial charge in [-0.25, -0.2) is 0 Å². The first-order valence-corrected chi connectivity index (χ1v) is 8.43. The molecule has 0 amide bonds. The molecule has 4 heteroatoms. The number of nitrogens with zero attached hydrogens (tertiary/aromatic N) is 1. The summed E-state index contributed by atoms with van der Waals surface area (Å²) >= 11 is 5.40. The van der Waals surface area contributed by atoms with Gasteiger partial charge in [-0.05, 0) is 47.8 Å².